The Bertz CT molecular complexity index is 998. The van der Waals surface area contributed by atoms with E-state index in [4.69, 9.17) is 11.6 Å². The van der Waals surface area contributed by atoms with Gasteiger partial charge in [0.25, 0.3) is 5.91 Å². The van der Waals surface area contributed by atoms with Crippen LogP contribution in [0.3, 0.4) is 0 Å². The van der Waals surface area contributed by atoms with Crippen molar-refractivity contribution in [3.05, 3.63) is 71.0 Å². The van der Waals surface area contributed by atoms with Gasteiger partial charge in [0.05, 0.1) is 17.8 Å². The van der Waals surface area contributed by atoms with Gasteiger partial charge in [-0.3, -0.25) is 14.6 Å². The fraction of sp³-hybridized carbons (Fsp3) is 0.105. The number of aromatic nitrogens is 1. The highest BCUT2D eigenvalue weighted by molar-refractivity contribution is 6.30. The summed E-state index contributed by atoms with van der Waals surface area (Å²) >= 11 is 6.06. The zero-order valence-electron chi connectivity index (χ0n) is 13.1. The molecule has 0 aliphatic carbocycles. The summed E-state index contributed by atoms with van der Waals surface area (Å²) in [6.45, 7) is 0.232. The second kappa shape index (κ2) is 6.18. The van der Waals surface area contributed by atoms with E-state index in [9.17, 15) is 9.59 Å². The quantitative estimate of drug-likeness (QED) is 0.743. The van der Waals surface area contributed by atoms with E-state index in [1.165, 1.54) is 0 Å². The van der Waals surface area contributed by atoms with Crippen LogP contribution in [0.2, 0.25) is 5.02 Å². The van der Waals surface area contributed by atoms with Crippen LogP contribution in [-0.2, 0) is 4.79 Å². The van der Waals surface area contributed by atoms with Crippen molar-refractivity contribution >= 4 is 39.9 Å². The maximum Gasteiger partial charge on any atom is 0.251 e. The van der Waals surface area contributed by atoms with Gasteiger partial charge in [-0.05, 0) is 23.8 Å². The first-order valence-corrected chi connectivity index (χ1v) is 8.22. The molecule has 0 radical (unpaired) electrons. The molecule has 1 atom stereocenters. The van der Waals surface area contributed by atoms with E-state index in [-0.39, 0.29) is 18.4 Å². The lowest BCUT2D eigenvalue weighted by atomic mass is 9.89. The molecule has 1 aliphatic heterocycles. The van der Waals surface area contributed by atoms with Gasteiger partial charge in [0.1, 0.15) is 0 Å². The summed E-state index contributed by atoms with van der Waals surface area (Å²) in [5, 5.41) is 8.04. The number of halogens is 1. The second-order valence-electron chi connectivity index (χ2n) is 5.89. The third-order valence-electron chi connectivity index (χ3n) is 4.34. The summed E-state index contributed by atoms with van der Waals surface area (Å²) in [7, 11) is 0. The number of hydrogen-bond acceptors (Lipinski definition) is 3. The van der Waals surface area contributed by atoms with Crippen LogP contribution < -0.4 is 10.6 Å². The largest absolute Gasteiger partial charge is 0.351 e. The molecular weight excluding hydrogens is 338 g/mol. The standard InChI is InChI=1S/C19H14ClN3O2/c20-12-5-6-14-15(7-12)16(9-22-18(14)24)19(25)23-17-10-21-8-11-3-1-2-4-13(11)17/h1-8,10,16H,9H2,(H,22,24)(H,23,25)/t16-/m0/s1. The van der Waals surface area contributed by atoms with Crippen molar-refractivity contribution in [1.82, 2.24) is 10.3 Å². The van der Waals surface area contributed by atoms with Crippen LogP contribution in [0.5, 0.6) is 0 Å². The van der Waals surface area contributed by atoms with Crippen LogP contribution in [0.4, 0.5) is 5.69 Å². The number of amides is 2. The molecule has 25 heavy (non-hydrogen) atoms. The number of nitrogens with zero attached hydrogens (tertiary/aromatic N) is 1. The highest BCUT2D eigenvalue weighted by Crippen LogP contribution is 2.29. The normalized spacial score (nSPS) is 16.2. The highest BCUT2D eigenvalue weighted by Gasteiger charge is 2.30. The number of hydrogen-bond donors (Lipinski definition) is 2. The van der Waals surface area contributed by atoms with E-state index in [1.54, 1.807) is 30.6 Å². The monoisotopic (exact) mass is 351 g/mol. The maximum atomic E-state index is 12.9. The Labute approximate surface area is 149 Å². The van der Waals surface area contributed by atoms with Crippen LogP contribution in [0.1, 0.15) is 21.8 Å². The summed E-state index contributed by atoms with van der Waals surface area (Å²) in [6.07, 6.45) is 3.38. The van der Waals surface area contributed by atoms with E-state index in [0.717, 1.165) is 10.8 Å². The molecule has 2 N–H and O–H groups in total. The molecule has 0 saturated heterocycles. The topological polar surface area (TPSA) is 71.1 Å². The third kappa shape index (κ3) is 2.83. The number of anilines is 1. The molecule has 6 heteroatoms. The van der Waals surface area contributed by atoms with Crippen molar-refractivity contribution in [1.29, 1.82) is 0 Å². The van der Waals surface area contributed by atoms with Crippen molar-refractivity contribution in [2.75, 3.05) is 11.9 Å². The molecule has 0 bridgehead atoms. The lowest BCUT2D eigenvalue weighted by molar-refractivity contribution is -0.117. The van der Waals surface area contributed by atoms with Crippen molar-refractivity contribution in [3.8, 4) is 0 Å². The minimum Gasteiger partial charge on any atom is -0.351 e. The van der Waals surface area contributed by atoms with Gasteiger partial charge in [-0.2, -0.15) is 0 Å². The number of fused-ring (bicyclic) bond motifs is 2. The Morgan fingerprint density at radius 2 is 2.04 bits per heavy atom. The number of carbonyl (C=O) groups excluding carboxylic acids is 2. The van der Waals surface area contributed by atoms with Crippen LogP contribution in [0.25, 0.3) is 10.8 Å². The van der Waals surface area contributed by atoms with Crippen molar-refractivity contribution in [2.45, 2.75) is 5.92 Å². The minimum atomic E-state index is -0.509. The van der Waals surface area contributed by atoms with E-state index in [0.29, 0.717) is 21.8 Å². The first-order chi connectivity index (χ1) is 12.1. The van der Waals surface area contributed by atoms with Gasteiger partial charge in [0.2, 0.25) is 5.91 Å². The number of rotatable bonds is 2. The second-order valence-corrected chi connectivity index (χ2v) is 6.33. The predicted octanol–water partition coefficient (Wildman–Crippen LogP) is 3.35. The molecule has 0 fully saturated rings. The summed E-state index contributed by atoms with van der Waals surface area (Å²) in [5.41, 5.74) is 1.76. The minimum absolute atomic E-state index is 0.192. The lowest BCUT2D eigenvalue weighted by Crippen LogP contribution is -2.40. The third-order valence-corrected chi connectivity index (χ3v) is 4.58. The number of nitrogens with one attached hydrogen (secondary N) is 2. The van der Waals surface area contributed by atoms with Gasteiger partial charge in [-0.15, -0.1) is 0 Å². The van der Waals surface area contributed by atoms with Crippen LogP contribution in [0, 0.1) is 0 Å². The van der Waals surface area contributed by atoms with Gasteiger partial charge in [-0.25, -0.2) is 0 Å². The van der Waals surface area contributed by atoms with E-state index >= 15 is 0 Å². The molecule has 0 saturated carbocycles. The molecular formula is C19H14ClN3O2. The molecule has 3 aromatic rings. The average Bonchev–Trinajstić information content (AvgIpc) is 2.62. The first kappa shape index (κ1) is 15.6. The summed E-state index contributed by atoms with van der Waals surface area (Å²) in [4.78, 5) is 29.0. The summed E-state index contributed by atoms with van der Waals surface area (Å²) in [5.74, 6) is -0.908. The van der Waals surface area contributed by atoms with E-state index in [2.05, 4.69) is 15.6 Å². The zero-order valence-corrected chi connectivity index (χ0v) is 13.9. The predicted molar refractivity (Wildman–Crippen MR) is 96.9 cm³/mol. The molecule has 1 aromatic heterocycles. The molecule has 0 unspecified atom stereocenters. The van der Waals surface area contributed by atoms with Gasteiger partial charge >= 0.3 is 0 Å². The maximum absolute atomic E-state index is 12.9. The molecule has 5 nitrogen and oxygen atoms in total. The van der Waals surface area contributed by atoms with Crippen LogP contribution in [-0.4, -0.2) is 23.3 Å². The molecule has 0 spiro atoms. The molecule has 2 amide bonds. The molecule has 2 heterocycles. The number of benzene rings is 2. The fourth-order valence-electron chi connectivity index (χ4n) is 3.10. The van der Waals surface area contributed by atoms with E-state index in [1.807, 2.05) is 24.3 Å². The zero-order chi connectivity index (χ0) is 17.4. The average molecular weight is 352 g/mol. The van der Waals surface area contributed by atoms with Crippen molar-refractivity contribution < 1.29 is 9.59 Å². The Morgan fingerprint density at radius 1 is 1.20 bits per heavy atom. The molecule has 124 valence electrons. The van der Waals surface area contributed by atoms with Gasteiger partial charge in [0, 0.05) is 34.1 Å². The molecule has 4 rings (SSSR count). The summed E-state index contributed by atoms with van der Waals surface area (Å²) in [6, 6.07) is 12.7. The SMILES string of the molecule is O=C1NC[C@H](C(=O)Nc2cncc3ccccc23)c2cc(Cl)ccc21. The lowest BCUT2D eigenvalue weighted by Gasteiger charge is -2.25. The Hall–Kier alpha value is -2.92. The fourth-order valence-corrected chi connectivity index (χ4v) is 3.28. The van der Waals surface area contributed by atoms with Crippen molar-refractivity contribution in [3.63, 3.8) is 0 Å². The smallest absolute Gasteiger partial charge is 0.251 e. The summed E-state index contributed by atoms with van der Waals surface area (Å²) < 4.78 is 0. The Balaban J connectivity index is 1.69. The number of pyridine rings is 1. The first-order valence-electron chi connectivity index (χ1n) is 7.85. The van der Waals surface area contributed by atoms with Gasteiger partial charge in [0.15, 0.2) is 0 Å². The van der Waals surface area contributed by atoms with Gasteiger partial charge in [-0.1, -0.05) is 35.9 Å². The van der Waals surface area contributed by atoms with Gasteiger partial charge < -0.3 is 10.6 Å². The molecule has 2 aromatic carbocycles. The van der Waals surface area contributed by atoms with E-state index < -0.39 is 5.92 Å². The Morgan fingerprint density at radius 3 is 2.92 bits per heavy atom. The number of carbonyl (C=O) groups is 2. The molecule has 1 aliphatic rings. The Kier molecular flexibility index (Phi) is 3.86. The van der Waals surface area contributed by atoms with Crippen LogP contribution in [0.15, 0.2) is 54.9 Å². The van der Waals surface area contributed by atoms with Crippen LogP contribution >= 0.6 is 11.6 Å². The highest BCUT2D eigenvalue weighted by atomic mass is 35.5. The van der Waals surface area contributed by atoms with Crippen molar-refractivity contribution in [2.24, 2.45) is 0 Å².